The number of esters is 2. The molecule has 0 aliphatic carbocycles. The molecule has 6 nitrogen and oxygen atoms in total. The summed E-state index contributed by atoms with van der Waals surface area (Å²) in [4.78, 5) is 28.5. The van der Waals surface area contributed by atoms with E-state index in [2.05, 4.69) is 4.99 Å². The Morgan fingerprint density at radius 1 is 1.14 bits per heavy atom. The highest BCUT2D eigenvalue weighted by molar-refractivity contribution is 6.07. The van der Waals surface area contributed by atoms with Crippen molar-refractivity contribution in [2.24, 2.45) is 4.99 Å². The molecule has 0 saturated heterocycles. The fraction of sp³-hybridized carbons (Fsp3) is 0.227. The maximum atomic E-state index is 12.3. The zero-order valence-electron chi connectivity index (χ0n) is 15.8. The number of methoxy groups -OCH3 is 1. The maximum absolute atomic E-state index is 12.3. The Balaban J connectivity index is 1.59. The van der Waals surface area contributed by atoms with E-state index in [1.54, 1.807) is 44.4 Å². The van der Waals surface area contributed by atoms with Gasteiger partial charge in [0.15, 0.2) is 5.54 Å². The Kier molecular flexibility index (Phi) is 5.89. The Morgan fingerprint density at radius 2 is 1.86 bits per heavy atom. The molecule has 1 aliphatic rings. The molecule has 0 radical (unpaired) electrons. The molecule has 0 spiro atoms. The fourth-order valence-corrected chi connectivity index (χ4v) is 2.64. The smallest absolute Gasteiger partial charge is 0.340 e. The molecule has 0 fully saturated rings. The van der Waals surface area contributed by atoms with Crippen molar-refractivity contribution in [2.45, 2.75) is 25.5 Å². The molecular weight excluding hydrogens is 358 g/mol. The molecule has 0 bridgehead atoms. The minimum Gasteiger partial charge on any atom is -0.497 e. The first-order chi connectivity index (χ1) is 13.5. The molecule has 0 unspecified atom stereocenters. The summed E-state index contributed by atoms with van der Waals surface area (Å²) in [6.45, 7) is 1.87. The summed E-state index contributed by atoms with van der Waals surface area (Å²) in [5.74, 6) is 0.0300. The second-order valence-electron chi connectivity index (χ2n) is 6.51. The van der Waals surface area contributed by atoms with E-state index in [0.717, 1.165) is 5.56 Å². The van der Waals surface area contributed by atoms with Crippen LogP contribution in [0, 0.1) is 0 Å². The molecule has 2 aromatic carbocycles. The fourth-order valence-electron chi connectivity index (χ4n) is 2.64. The van der Waals surface area contributed by atoms with E-state index in [-0.39, 0.29) is 18.9 Å². The van der Waals surface area contributed by atoms with Gasteiger partial charge in [0.1, 0.15) is 12.4 Å². The monoisotopic (exact) mass is 379 g/mol. The number of aliphatic imine (C=N–C) groups is 1. The molecule has 0 saturated carbocycles. The summed E-state index contributed by atoms with van der Waals surface area (Å²) in [6, 6.07) is 16.5. The number of carbonyl (C=O) groups excluding carboxylic acids is 2. The zero-order chi connectivity index (χ0) is 20.0. The highest BCUT2D eigenvalue weighted by Gasteiger charge is 2.41. The predicted octanol–water partition coefficient (Wildman–Crippen LogP) is 3.45. The first kappa shape index (κ1) is 19.4. The van der Waals surface area contributed by atoms with E-state index in [9.17, 15) is 9.59 Å². The highest BCUT2D eigenvalue weighted by atomic mass is 16.6. The van der Waals surface area contributed by atoms with E-state index >= 15 is 0 Å². The molecule has 1 atom stereocenters. The van der Waals surface area contributed by atoms with Gasteiger partial charge in [0.2, 0.25) is 5.90 Å². The number of benzene rings is 2. The van der Waals surface area contributed by atoms with Gasteiger partial charge in [-0.05, 0) is 36.8 Å². The van der Waals surface area contributed by atoms with Gasteiger partial charge < -0.3 is 14.2 Å². The van der Waals surface area contributed by atoms with Crippen LogP contribution in [0.3, 0.4) is 0 Å². The third-order valence-corrected chi connectivity index (χ3v) is 4.31. The van der Waals surface area contributed by atoms with Gasteiger partial charge in [-0.1, -0.05) is 36.4 Å². The SMILES string of the molecule is COc1ccc(C2=N[C@](C)(C/C=C/C(=O)OCc3ccccc3)C(=O)O2)cc1. The van der Waals surface area contributed by atoms with Crippen molar-refractivity contribution in [3.05, 3.63) is 77.9 Å². The van der Waals surface area contributed by atoms with Crippen LogP contribution in [-0.2, 0) is 25.7 Å². The lowest BCUT2D eigenvalue weighted by molar-refractivity contribution is -0.140. The first-order valence-electron chi connectivity index (χ1n) is 8.84. The number of hydrogen-bond acceptors (Lipinski definition) is 6. The number of ether oxygens (including phenoxy) is 3. The molecule has 144 valence electrons. The first-order valence-corrected chi connectivity index (χ1v) is 8.84. The van der Waals surface area contributed by atoms with Crippen LogP contribution >= 0.6 is 0 Å². The molecule has 0 aromatic heterocycles. The molecule has 6 heteroatoms. The van der Waals surface area contributed by atoms with Gasteiger partial charge in [-0.3, -0.25) is 0 Å². The number of carbonyl (C=O) groups is 2. The lowest BCUT2D eigenvalue weighted by atomic mass is 9.99. The average molecular weight is 379 g/mol. The molecule has 0 N–H and O–H groups in total. The Bertz CT molecular complexity index is 902. The minimum atomic E-state index is -1.08. The van der Waals surface area contributed by atoms with Crippen LogP contribution in [-0.4, -0.2) is 30.5 Å². The Morgan fingerprint density at radius 3 is 2.54 bits per heavy atom. The highest BCUT2D eigenvalue weighted by Crippen LogP contribution is 2.27. The van der Waals surface area contributed by atoms with E-state index in [1.165, 1.54) is 6.08 Å². The van der Waals surface area contributed by atoms with E-state index in [4.69, 9.17) is 14.2 Å². The van der Waals surface area contributed by atoms with Gasteiger partial charge in [-0.25, -0.2) is 14.6 Å². The molecule has 1 aliphatic heterocycles. The second-order valence-corrected chi connectivity index (χ2v) is 6.51. The van der Waals surface area contributed by atoms with Crippen LogP contribution < -0.4 is 4.74 Å². The third kappa shape index (κ3) is 4.65. The quantitative estimate of drug-likeness (QED) is 0.544. The zero-order valence-corrected chi connectivity index (χ0v) is 15.8. The predicted molar refractivity (Wildman–Crippen MR) is 104 cm³/mol. The van der Waals surface area contributed by atoms with Gasteiger partial charge >= 0.3 is 11.9 Å². The van der Waals surface area contributed by atoms with Crippen LogP contribution in [0.2, 0.25) is 0 Å². The summed E-state index contributed by atoms with van der Waals surface area (Å²) in [5.41, 5.74) is 0.513. The van der Waals surface area contributed by atoms with Crippen molar-refractivity contribution in [1.29, 1.82) is 0 Å². The van der Waals surface area contributed by atoms with E-state index in [0.29, 0.717) is 11.3 Å². The van der Waals surface area contributed by atoms with Crippen molar-refractivity contribution in [2.75, 3.05) is 7.11 Å². The van der Waals surface area contributed by atoms with Gasteiger partial charge in [0.05, 0.1) is 7.11 Å². The van der Waals surface area contributed by atoms with Gasteiger partial charge in [0, 0.05) is 18.1 Å². The average Bonchev–Trinajstić information content (AvgIpc) is 3.02. The summed E-state index contributed by atoms with van der Waals surface area (Å²) in [7, 11) is 1.58. The minimum absolute atomic E-state index is 0.198. The molecule has 28 heavy (non-hydrogen) atoms. The van der Waals surface area contributed by atoms with E-state index < -0.39 is 17.5 Å². The summed E-state index contributed by atoms with van der Waals surface area (Å²) >= 11 is 0. The van der Waals surface area contributed by atoms with Crippen molar-refractivity contribution in [1.82, 2.24) is 0 Å². The Hall–Kier alpha value is -3.41. The standard InChI is InChI=1S/C22H21NO5/c1-22(14-6-9-19(24)27-15-16-7-4-3-5-8-16)21(25)28-20(23-22)17-10-12-18(26-2)13-11-17/h3-13H,14-15H2,1-2H3/b9-6+/t22-/m1/s1. The lowest BCUT2D eigenvalue weighted by Gasteiger charge is -2.12. The second kappa shape index (κ2) is 8.52. The van der Waals surface area contributed by atoms with Crippen molar-refractivity contribution in [3.63, 3.8) is 0 Å². The maximum Gasteiger partial charge on any atom is 0.340 e. The van der Waals surface area contributed by atoms with Gasteiger partial charge in [-0.15, -0.1) is 0 Å². The normalized spacial score (nSPS) is 18.6. The topological polar surface area (TPSA) is 74.2 Å². The number of rotatable bonds is 7. The van der Waals surface area contributed by atoms with Crippen molar-refractivity contribution in [3.8, 4) is 5.75 Å². The molecule has 3 rings (SSSR count). The molecule has 0 amide bonds. The lowest BCUT2D eigenvalue weighted by Crippen LogP contribution is -2.29. The van der Waals surface area contributed by atoms with E-state index in [1.807, 2.05) is 30.3 Å². The third-order valence-electron chi connectivity index (χ3n) is 4.31. The van der Waals surface area contributed by atoms with Crippen LogP contribution in [0.4, 0.5) is 0 Å². The van der Waals surface area contributed by atoms with Crippen molar-refractivity contribution < 1.29 is 23.8 Å². The number of nitrogens with zero attached hydrogens (tertiary/aromatic N) is 1. The van der Waals surface area contributed by atoms with Crippen LogP contribution in [0.25, 0.3) is 0 Å². The summed E-state index contributed by atoms with van der Waals surface area (Å²) in [5, 5.41) is 0. The number of cyclic esters (lactones) is 1. The number of hydrogen-bond donors (Lipinski definition) is 0. The largest absolute Gasteiger partial charge is 0.497 e. The summed E-state index contributed by atoms with van der Waals surface area (Å²) in [6.07, 6.45) is 3.11. The van der Waals surface area contributed by atoms with Gasteiger partial charge in [0.25, 0.3) is 0 Å². The van der Waals surface area contributed by atoms with Crippen LogP contribution in [0.1, 0.15) is 24.5 Å². The molecular formula is C22H21NO5. The Labute approximate surface area is 163 Å². The van der Waals surface area contributed by atoms with Crippen LogP contribution in [0.15, 0.2) is 71.7 Å². The molecule has 2 aromatic rings. The van der Waals surface area contributed by atoms with Gasteiger partial charge in [-0.2, -0.15) is 0 Å². The molecule has 1 heterocycles. The van der Waals surface area contributed by atoms with Crippen molar-refractivity contribution >= 4 is 17.8 Å². The summed E-state index contributed by atoms with van der Waals surface area (Å²) < 4.78 is 15.6. The van der Waals surface area contributed by atoms with Crippen LogP contribution in [0.5, 0.6) is 5.75 Å².